The van der Waals surface area contributed by atoms with Gasteiger partial charge in [0.2, 0.25) is 5.91 Å². The van der Waals surface area contributed by atoms with Crippen LogP contribution in [0.25, 0.3) is 0 Å². The fourth-order valence-electron chi connectivity index (χ4n) is 1.49. The SMILES string of the molecule is CC(=O)Nc1ccc(C(O)CNC(C)C)cc1F. The van der Waals surface area contributed by atoms with Gasteiger partial charge in [-0.15, -0.1) is 0 Å². The van der Waals surface area contributed by atoms with Gasteiger partial charge in [0.25, 0.3) is 0 Å². The Morgan fingerprint density at radius 3 is 2.61 bits per heavy atom. The topological polar surface area (TPSA) is 61.4 Å². The molecule has 3 N–H and O–H groups in total. The van der Waals surface area contributed by atoms with Crippen LogP contribution in [0, 0.1) is 5.82 Å². The molecule has 1 amide bonds. The largest absolute Gasteiger partial charge is 0.387 e. The molecule has 1 rings (SSSR count). The van der Waals surface area contributed by atoms with E-state index in [9.17, 15) is 14.3 Å². The Bertz CT molecular complexity index is 421. The first-order valence-electron chi connectivity index (χ1n) is 5.88. The maximum Gasteiger partial charge on any atom is 0.221 e. The van der Waals surface area contributed by atoms with Crippen molar-refractivity contribution in [2.45, 2.75) is 32.9 Å². The standard InChI is InChI=1S/C13H19FN2O2/c1-8(2)15-7-13(18)10-4-5-12(11(14)6-10)16-9(3)17/h4-6,8,13,15,18H,7H2,1-3H3,(H,16,17). The summed E-state index contributed by atoms with van der Waals surface area (Å²) < 4.78 is 13.6. The van der Waals surface area contributed by atoms with Crippen LogP contribution in [0.5, 0.6) is 0 Å². The molecule has 100 valence electrons. The molecule has 1 unspecified atom stereocenters. The molecular weight excluding hydrogens is 235 g/mol. The van der Waals surface area contributed by atoms with Crippen LogP contribution in [0.15, 0.2) is 18.2 Å². The van der Waals surface area contributed by atoms with E-state index in [4.69, 9.17) is 0 Å². The minimum atomic E-state index is -0.770. The van der Waals surface area contributed by atoms with Crippen LogP contribution in [0.1, 0.15) is 32.4 Å². The van der Waals surface area contributed by atoms with Gasteiger partial charge in [0.1, 0.15) is 5.82 Å². The molecule has 0 radical (unpaired) electrons. The second-order valence-corrected chi connectivity index (χ2v) is 4.50. The van der Waals surface area contributed by atoms with Crippen molar-refractivity contribution in [3.63, 3.8) is 0 Å². The van der Waals surface area contributed by atoms with E-state index < -0.39 is 11.9 Å². The third-order valence-electron chi connectivity index (χ3n) is 2.41. The zero-order valence-corrected chi connectivity index (χ0v) is 10.8. The highest BCUT2D eigenvalue weighted by atomic mass is 19.1. The molecule has 1 aromatic rings. The molecule has 0 spiro atoms. The lowest BCUT2D eigenvalue weighted by Crippen LogP contribution is -2.27. The molecule has 1 aromatic carbocycles. The molecule has 0 saturated heterocycles. The molecule has 1 atom stereocenters. The van der Waals surface area contributed by atoms with Crippen LogP contribution in [0.3, 0.4) is 0 Å². The Hall–Kier alpha value is -1.46. The molecule has 0 fully saturated rings. The summed E-state index contributed by atoms with van der Waals surface area (Å²) in [6.07, 6.45) is -0.770. The van der Waals surface area contributed by atoms with Gasteiger partial charge in [-0.3, -0.25) is 4.79 Å². The van der Waals surface area contributed by atoms with Gasteiger partial charge in [-0.2, -0.15) is 0 Å². The average molecular weight is 254 g/mol. The predicted molar refractivity (Wildman–Crippen MR) is 68.8 cm³/mol. The summed E-state index contributed by atoms with van der Waals surface area (Å²) in [5.74, 6) is -0.880. The average Bonchev–Trinajstić information content (AvgIpc) is 2.28. The molecule has 0 aliphatic carbocycles. The number of anilines is 1. The Morgan fingerprint density at radius 2 is 2.11 bits per heavy atom. The first-order valence-corrected chi connectivity index (χ1v) is 5.88. The minimum absolute atomic E-state index is 0.121. The number of halogens is 1. The molecule has 0 aliphatic heterocycles. The van der Waals surface area contributed by atoms with Gasteiger partial charge in [-0.05, 0) is 17.7 Å². The van der Waals surface area contributed by atoms with Crippen LogP contribution in [-0.2, 0) is 4.79 Å². The fourth-order valence-corrected chi connectivity index (χ4v) is 1.49. The van der Waals surface area contributed by atoms with Crippen molar-refractivity contribution >= 4 is 11.6 Å². The van der Waals surface area contributed by atoms with Crippen molar-refractivity contribution in [2.24, 2.45) is 0 Å². The number of hydrogen-bond acceptors (Lipinski definition) is 3. The van der Waals surface area contributed by atoms with E-state index >= 15 is 0 Å². The molecule has 0 bridgehead atoms. The van der Waals surface area contributed by atoms with E-state index in [1.165, 1.54) is 19.1 Å². The summed E-state index contributed by atoms with van der Waals surface area (Å²) in [6.45, 7) is 5.60. The number of carbonyl (C=O) groups is 1. The van der Waals surface area contributed by atoms with Gasteiger partial charge in [0.05, 0.1) is 11.8 Å². The van der Waals surface area contributed by atoms with E-state index in [1.807, 2.05) is 13.8 Å². The number of rotatable bonds is 5. The van der Waals surface area contributed by atoms with Crippen molar-refractivity contribution < 1.29 is 14.3 Å². The maximum atomic E-state index is 13.6. The van der Waals surface area contributed by atoms with Crippen molar-refractivity contribution in [1.82, 2.24) is 5.32 Å². The second-order valence-electron chi connectivity index (χ2n) is 4.50. The highest BCUT2D eigenvalue weighted by Gasteiger charge is 2.11. The fraction of sp³-hybridized carbons (Fsp3) is 0.462. The lowest BCUT2D eigenvalue weighted by molar-refractivity contribution is -0.114. The number of carbonyl (C=O) groups excluding carboxylic acids is 1. The lowest BCUT2D eigenvalue weighted by atomic mass is 10.1. The number of nitrogens with one attached hydrogen (secondary N) is 2. The third kappa shape index (κ3) is 4.43. The normalized spacial score (nSPS) is 12.6. The summed E-state index contributed by atoms with van der Waals surface area (Å²) in [5.41, 5.74) is 0.602. The van der Waals surface area contributed by atoms with Crippen molar-refractivity contribution in [3.8, 4) is 0 Å². The van der Waals surface area contributed by atoms with Crippen molar-refractivity contribution in [1.29, 1.82) is 0 Å². The molecule has 0 heterocycles. The molecule has 0 aromatic heterocycles. The van der Waals surface area contributed by atoms with Gasteiger partial charge >= 0.3 is 0 Å². The molecule has 0 saturated carbocycles. The second kappa shape index (κ2) is 6.47. The van der Waals surface area contributed by atoms with Crippen LogP contribution < -0.4 is 10.6 Å². The summed E-state index contributed by atoms with van der Waals surface area (Å²) in [5, 5.41) is 15.3. The summed E-state index contributed by atoms with van der Waals surface area (Å²) in [6, 6.07) is 4.53. The van der Waals surface area contributed by atoms with E-state index in [0.717, 1.165) is 0 Å². The molecular formula is C13H19FN2O2. The number of benzene rings is 1. The Balaban J connectivity index is 2.73. The van der Waals surface area contributed by atoms with E-state index in [1.54, 1.807) is 6.07 Å². The number of aliphatic hydroxyl groups excluding tert-OH is 1. The zero-order chi connectivity index (χ0) is 13.7. The first-order chi connectivity index (χ1) is 8.40. The van der Waals surface area contributed by atoms with Crippen LogP contribution in [-0.4, -0.2) is 23.6 Å². The number of amides is 1. The predicted octanol–water partition coefficient (Wildman–Crippen LogP) is 1.82. The molecule has 0 aliphatic rings. The highest BCUT2D eigenvalue weighted by Crippen LogP contribution is 2.20. The Labute approximate surface area is 106 Å². The van der Waals surface area contributed by atoms with Crippen molar-refractivity contribution in [2.75, 3.05) is 11.9 Å². The Kier molecular flexibility index (Phi) is 5.25. The quantitative estimate of drug-likeness (QED) is 0.751. The first kappa shape index (κ1) is 14.6. The van der Waals surface area contributed by atoms with Crippen LogP contribution in [0.2, 0.25) is 0 Å². The van der Waals surface area contributed by atoms with Crippen molar-refractivity contribution in [3.05, 3.63) is 29.6 Å². The monoisotopic (exact) mass is 254 g/mol. The van der Waals surface area contributed by atoms with Gasteiger partial charge in [0.15, 0.2) is 0 Å². The van der Waals surface area contributed by atoms with E-state index in [-0.39, 0.29) is 17.6 Å². The molecule has 18 heavy (non-hydrogen) atoms. The van der Waals surface area contributed by atoms with Gasteiger partial charge in [-0.1, -0.05) is 19.9 Å². The third-order valence-corrected chi connectivity index (χ3v) is 2.41. The van der Waals surface area contributed by atoms with Gasteiger partial charge in [-0.25, -0.2) is 4.39 Å². The maximum absolute atomic E-state index is 13.6. The molecule has 5 heteroatoms. The lowest BCUT2D eigenvalue weighted by Gasteiger charge is -2.15. The number of aliphatic hydroxyl groups is 1. The summed E-state index contributed by atoms with van der Waals surface area (Å²) in [4.78, 5) is 10.8. The smallest absolute Gasteiger partial charge is 0.221 e. The van der Waals surface area contributed by atoms with Gasteiger partial charge in [0, 0.05) is 19.5 Å². The van der Waals surface area contributed by atoms with Gasteiger partial charge < -0.3 is 15.7 Å². The zero-order valence-electron chi connectivity index (χ0n) is 10.8. The Morgan fingerprint density at radius 1 is 1.44 bits per heavy atom. The minimum Gasteiger partial charge on any atom is -0.387 e. The van der Waals surface area contributed by atoms with Crippen LogP contribution >= 0.6 is 0 Å². The van der Waals surface area contributed by atoms with Crippen LogP contribution in [0.4, 0.5) is 10.1 Å². The van der Waals surface area contributed by atoms with E-state index in [2.05, 4.69) is 10.6 Å². The highest BCUT2D eigenvalue weighted by molar-refractivity contribution is 5.88. The van der Waals surface area contributed by atoms with E-state index in [0.29, 0.717) is 12.1 Å². The summed E-state index contributed by atoms with van der Waals surface area (Å²) in [7, 11) is 0. The number of hydrogen-bond donors (Lipinski definition) is 3. The molecule has 4 nitrogen and oxygen atoms in total. The summed E-state index contributed by atoms with van der Waals surface area (Å²) >= 11 is 0.